The van der Waals surface area contributed by atoms with Crippen LogP contribution < -0.4 is 20.5 Å². The van der Waals surface area contributed by atoms with Crippen LogP contribution in [0, 0.1) is 0 Å². The standard InChI is InChI=1S/C22H28N4O3/c1-13(2)24-22(27)26-14(3)10-16-11-19(28-4)20(29-5)12-18(16)21(25-26)15-6-8-17(23)9-7-15/h6-9,11-14H,10,23H2,1-5H3,(H,24,27). The molecule has 29 heavy (non-hydrogen) atoms. The van der Waals surface area contributed by atoms with Crippen LogP contribution in [0.4, 0.5) is 10.5 Å². The Hall–Kier alpha value is -3.22. The normalized spacial score (nSPS) is 16.0. The number of fused-ring (bicyclic) bond motifs is 1. The molecule has 0 radical (unpaired) electrons. The van der Waals surface area contributed by atoms with Gasteiger partial charge in [-0.15, -0.1) is 0 Å². The van der Waals surface area contributed by atoms with Crippen LogP contribution >= 0.6 is 0 Å². The van der Waals surface area contributed by atoms with E-state index in [9.17, 15) is 4.79 Å². The summed E-state index contributed by atoms with van der Waals surface area (Å²) in [4.78, 5) is 12.8. The Morgan fingerprint density at radius 2 is 1.79 bits per heavy atom. The lowest BCUT2D eigenvalue weighted by Crippen LogP contribution is -2.44. The molecule has 7 nitrogen and oxygen atoms in total. The van der Waals surface area contributed by atoms with E-state index in [-0.39, 0.29) is 18.1 Å². The lowest BCUT2D eigenvalue weighted by Gasteiger charge is -2.24. The maximum absolute atomic E-state index is 12.8. The molecule has 1 atom stereocenters. The molecule has 1 unspecified atom stereocenters. The van der Waals surface area contributed by atoms with Gasteiger partial charge >= 0.3 is 6.03 Å². The number of nitrogens with one attached hydrogen (secondary N) is 1. The molecule has 7 heteroatoms. The number of nitrogen functional groups attached to an aromatic ring is 1. The van der Waals surface area contributed by atoms with Crippen molar-refractivity contribution in [3.8, 4) is 11.5 Å². The molecule has 0 spiro atoms. The molecule has 3 rings (SSSR count). The van der Waals surface area contributed by atoms with Gasteiger partial charge < -0.3 is 20.5 Å². The van der Waals surface area contributed by atoms with Gasteiger partial charge in [-0.2, -0.15) is 5.10 Å². The van der Waals surface area contributed by atoms with Gasteiger partial charge in [0.25, 0.3) is 0 Å². The largest absolute Gasteiger partial charge is 0.493 e. The van der Waals surface area contributed by atoms with Crippen LogP contribution in [0.25, 0.3) is 0 Å². The summed E-state index contributed by atoms with van der Waals surface area (Å²) in [5.41, 5.74) is 10.0. The molecule has 1 heterocycles. The molecule has 0 bridgehead atoms. The SMILES string of the molecule is COc1cc2c(cc1OC)C(c1ccc(N)cc1)=NN(C(=O)NC(C)C)C(C)C2. The third-order valence-corrected chi connectivity index (χ3v) is 4.81. The Balaban J connectivity index is 2.19. The van der Waals surface area contributed by atoms with Gasteiger partial charge in [-0.3, -0.25) is 0 Å². The Kier molecular flexibility index (Phi) is 5.96. The van der Waals surface area contributed by atoms with Crippen molar-refractivity contribution >= 4 is 17.4 Å². The minimum atomic E-state index is -0.229. The molecule has 2 amide bonds. The number of hydrogen-bond donors (Lipinski definition) is 2. The number of hydrogen-bond acceptors (Lipinski definition) is 5. The monoisotopic (exact) mass is 396 g/mol. The van der Waals surface area contributed by atoms with Gasteiger partial charge in [-0.1, -0.05) is 12.1 Å². The van der Waals surface area contributed by atoms with Crippen molar-refractivity contribution in [2.24, 2.45) is 5.10 Å². The Morgan fingerprint density at radius 3 is 2.38 bits per heavy atom. The predicted octanol–water partition coefficient (Wildman–Crippen LogP) is 3.40. The number of hydrazone groups is 1. The van der Waals surface area contributed by atoms with Crippen LogP contribution in [0.1, 0.15) is 37.5 Å². The summed E-state index contributed by atoms with van der Waals surface area (Å²) in [7, 11) is 3.22. The zero-order valence-corrected chi connectivity index (χ0v) is 17.5. The van der Waals surface area contributed by atoms with E-state index in [1.165, 1.54) is 5.01 Å². The van der Waals surface area contributed by atoms with E-state index in [0.717, 1.165) is 16.7 Å². The molecule has 0 saturated carbocycles. The first-order valence-electron chi connectivity index (χ1n) is 9.63. The van der Waals surface area contributed by atoms with Gasteiger partial charge in [0, 0.05) is 22.9 Å². The Morgan fingerprint density at radius 1 is 1.17 bits per heavy atom. The van der Waals surface area contributed by atoms with Crippen LogP contribution in [-0.4, -0.2) is 43.1 Å². The quantitative estimate of drug-likeness (QED) is 0.775. The van der Waals surface area contributed by atoms with E-state index in [2.05, 4.69) is 5.32 Å². The minimum Gasteiger partial charge on any atom is -0.493 e. The molecule has 2 aromatic rings. The highest BCUT2D eigenvalue weighted by Crippen LogP contribution is 2.34. The van der Waals surface area contributed by atoms with E-state index in [0.29, 0.717) is 29.3 Å². The topological polar surface area (TPSA) is 89.2 Å². The molecule has 154 valence electrons. The maximum Gasteiger partial charge on any atom is 0.338 e. The molecule has 2 aromatic carbocycles. The molecule has 0 fully saturated rings. The summed E-state index contributed by atoms with van der Waals surface area (Å²) in [6.07, 6.45) is 0.628. The molecule has 0 aromatic heterocycles. The fourth-order valence-corrected chi connectivity index (χ4v) is 3.39. The Bertz CT molecular complexity index is 922. The van der Waals surface area contributed by atoms with Gasteiger partial charge in [-0.05, 0) is 57.0 Å². The van der Waals surface area contributed by atoms with Crippen LogP contribution in [0.5, 0.6) is 11.5 Å². The van der Waals surface area contributed by atoms with Crippen molar-refractivity contribution < 1.29 is 14.3 Å². The van der Waals surface area contributed by atoms with Gasteiger partial charge in [0.1, 0.15) is 0 Å². The molecular weight excluding hydrogens is 368 g/mol. The van der Waals surface area contributed by atoms with E-state index in [4.69, 9.17) is 20.3 Å². The average Bonchev–Trinajstić information content (AvgIpc) is 2.82. The predicted molar refractivity (Wildman–Crippen MR) is 115 cm³/mol. The molecular formula is C22H28N4O3. The summed E-state index contributed by atoms with van der Waals surface area (Å²) in [5.74, 6) is 1.26. The minimum absolute atomic E-state index is 0.00990. The number of carbonyl (C=O) groups excluding carboxylic acids is 1. The fourth-order valence-electron chi connectivity index (χ4n) is 3.39. The molecule has 1 aliphatic heterocycles. The van der Waals surface area contributed by atoms with Crippen molar-refractivity contribution in [2.75, 3.05) is 20.0 Å². The van der Waals surface area contributed by atoms with Gasteiger partial charge in [-0.25, -0.2) is 9.80 Å². The molecule has 0 aliphatic carbocycles. The van der Waals surface area contributed by atoms with E-state index in [1.54, 1.807) is 14.2 Å². The third kappa shape index (κ3) is 4.29. The third-order valence-electron chi connectivity index (χ3n) is 4.81. The lowest BCUT2D eigenvalue weighted by molar-refractivity contribution is 0.180. The van der Waals surface area contributed by atoms with E-state index in [1.807, 2.05) is 57.2 Å². The maximum atomic E-state index is 12.8. The number of anilines is 1. The second-order valence-corrected chi connectivity index (χ2v) is 7.44. The first-order chi connectivity index (χ1) is 13.8. The number of methoxy groups -OCH3 is 2. The number of urea groups is 1. The summed E-state index contributed by atoms with van der Waals surface area (Å²) < 4.78 is 11.0. The fraction of sp³-hybridized carbons (Fsp3) is 0.364. The summed E-state index contributed by atoms with van der Waals surface area (Å²) in [6, 6.07) is 11.0. The number of benzene rings is 2. The van der Waals surface area contributed by atoms with Crippen LogP contribution in [-0.2, 0) is 6.42 Å². The number of nitrogens with two attached hydrogens (primary N) is 1. The second-order valence-electron chi connectivity index (χ2n) is 7.44. The van der Waals surface area contributed by atoms with Gasteiger partial charge in [0.2, 0.25) is 0 Å². The van der Waals surface area contributed by atoms with Crippen molar-refractivity contribution in [3.05, 3.63) is 53.1 Å². The van der Waals surface area contributed by atoms with Crippen LogP contribution in [0.3, 0.4) is 0 Å². The van der Waals surface area contributed by atoms with Crippen LogP contribution in [0.15, 0.2) is 41.5 Å². The highest BCUT2D eigenvalue weighted by atomic mass is 16.5. The number of carbonyl (C=O) groups is 1. The number of rotatable bonds is 4. The highest BCUT2D eigenvalue weighted by molar-refractivity contribution is 6.14. The Labute approximate surface area is 171 Å². The smallest absolute Gasteiger partial charge is 0.338 e. The zero-order chi connectivity index (χ0) is 21.1. The summed E-state index contributed by atoms with van der Waals surface area (Å²) in [6.45, 7) is 5.83. The number of nitrogens with zero attached hydrogens (tertiary/aromatic N) is 2. The summed E-state index contributed by atoms with van der Waals surface area (Å²) >= 11 is 0. The number of ether oxygens (including phenoxy) is 2. The summed E-state index contributed by atoms with van der Waals surface area (Å²) in [5, 5.41) is 9.24. The molecule has 0 saturated heterocycles. The van der Waals surface area contributed by atoms with Gasteiger partial charge in [0.05, 0.1) is 26.0 Å². The van der Waals surface area contributed by atoms with Gasteiger partial charge in [0.15, 0.2) is 11.5 Å². The lowest BCUT2D eigenvalue weighted by atomic mass is 9.94. The first kappa shape index (κ1) is 20.5. The van der Waals surface area contributed by atoms with E-state index < -0.39 is 0 Å². The molecule has 1 aliphatic rings. The second kappa shape index (κ2) is 8.43. The van der Waals surface area contributed by atoms with Crippen molar-refractivity contribution in [1.29, 1.82) is 0 Å². The average molecular weight is 396 g/mol. The first-order valence-corrected chi connectivity index (χ1v) is 9.63. The van der Waals surface area contributed by atoms with E-state index >= 15 is 0 Å². The molecule has 3 N–H and O–H groups in total. The van der Waals surface area contributed by atoms with Crippen molar-refractivity contribution in [3.63, 3.8) is 0 Å². The van der Waals surface area contributed by atoms with Crippen molar-refractivity contribution in [2.45, 2.75) is 39.3 Å². The highest BCUT2D eigenvalue weighted by Gasteiger charge is 2.29. The van der Waals surface area contributed by atoms with Crippen LogP contribution in [0.2, 0.25) is 0 Å². The zero-order valence-electron chi connectivity index (χ0n) is 17.5. The van der Waals surface area contributed by atoms with Crippen molar-refractivity contribution in [1.82, 2.24) is 10.3 Å². The number of amides is 2.